The summed E-state index contributed by atoms with van der Waals surface area (Å²) in [5.74, 6) is -3.70. The lowest BCUT2D eigenvalue weighted by Crippen LogP contribution is -2.62. The van der Waals surface area contributed by atoms with Crippen molar-refractivity contribution >= 4 is 39.6 Å². The molecule has 46 heavy (non-hydrogen) atoms. The normalized spacial score (nSPS) is 32.2. The molecule has 2 fully saturated rings. The molecule has 11 heteroatoms. The third kappa shape index (κ3) is 6.30. The molecule has 3 amide bonds. The average molecular weight is 701 g/mol. The van der Waals surface area contributed by atoms with Crippen molar-refractivity contribution in [3.8, 4) is 0 Å². The quantitative estimate of drug-likeness (QED) is 0.351. The molecule has 1 aromatic rings. The number of cyclic esters (lactones) is 1. The van der Waals surface area contributed by atoms with Crippen LogP contribution in [-0.2, 0) is 28.7 Å². The smallest absolute Gasteiger partial charge is 0.313 e. The molecular formula is C35H46BrN3O7. The van der Waals surface area contributed by atoms with Crippen LogP contribution in [0, 0.1) is 17.3 Å². The summed E-state index contributed by atoms with van der Waals surface area (Å²) >= 11 is 3.59. The molecule has 2 N–H and O–H groups in total. The lowest BCUT2D eigenvalue weighted by Gasteiger charge is -2.46. The van der Waals surface area contributed by atoms with Crippen LogP contribution in [0.15, 0.2) is 53.0 Å². The molecule has 250 valence electrons. The highest BCUT2D eigenvalue weighted by Gasteiger charge is 2.75. The van der Waals surface area contributed by atoms with Gasteiger partial charge in [-0.1, -0.05) is 79.2 Å². The van der Waals surface area contributed by atoms with E-state index < -0.39 is 59.1 Å². The van der Waals surface area contributed by atoms with Crippen LogP contribution in [0.3, 0.4) is 0 Å². The number of allylic oxidation sites excluding steroid dienone is 1. The third-order valence-electron chi connectivity index (χ3n) is 9.48. The molecule has 1 aromatic carbocycles. The van der Waals surface area contributed by atoms with Gasteiger partial charge in [-0.25, -0.2) is 0 Å². The van der Waals surface area contributed by atoms with Crippen molar-refractivity contribution in [2.24, 2.45) is 17.3 Å². The molecule has 0 aliphatic carbocycles. The number of nitrogens with one attached hydrogen (secondary N) is 1. The van der Waals surface area contributed by atoms with E-state index in [0.29, 0.717) is 22.9 Å². The van der Waals surface area contributed by atoms with Gasteiger partial charge >= 0.3 is 5.97 Å². The largest absolute Gasteiger partial charge is 0.455 e. The summed E-state index contributed by atoms with van der Waals surface area (Å²) in [5.41, 5.74) is -1.53. The Bertz CT molecular complexity index is 1420. The van der Waals surface area contributed by atoms with Gasteiger partial charge in [-0.15, -0.1) is 0 Å². The van der Waals surface area contributed by atoms with Crippen LogP contribution in [0.1, 0.15) is 72.5 Å². The second-order valence-electron chi connectivity index (χ2n) is 14.8. The lowest BCUT2D eigenvalue weighted by atomic mass is 9.74. The van der Waals surface area contributed by atoms with E-state index in [1.807, 2.05) is 56.3 Å². The van der Waals surface area contributed by atoms with Crippen molar-refractivity contribution in [3.05, 3.63) is 58.6 Å². The van der Waals surface area contributed by atoms with E-state index in [0.717, 1.165) is 0 Å². The first kappa shape index (κ1) is 34.3. The summed E-state index contributed by atoms with van der Waals surface area (Å²) in [6.45, 7) is 12.0. The molecule has 4 aliphatic rings. The van der Waals surface area contributed by atoms with Gasteiger partial charge in [0.05, 0.1) is 25.1 Å². The van der Waals surface area contributed by atoms with E-state index in [2.05, 4.69) is 42.0 Å². The minimum absolute atomic E-state index is 0.0564. The zero-order chi connectivity index (χ0) is 33.6. The molecule has 0 unspecified atom stereocenters. The van der Waals surface area contributed by atoms with Crippen LogP contribution >= 0.6 is 15.9 Å². The van der Waals surface area contributed by atoms with Gasteiger partial charge in [0, 0.05) is 23.0 Å². The fourth-order valence-corrected chi connectivity index (χ4v) is 8.60. The number of carbonyl (C=O) groups is 4. The Morgan fingerprint density at radius 3 is 2.41 bits per heavy atom. The number of hydrogen-bond acceptors (Lipinski definition) is 7. The van der Waals surface area contributed by atoms with Crippen LogP contribution in [0.5, 0.6) is 0 Å². The maximum Gasteiger partial charge on any atom is 0.313 e. The molecule has 2 saturated heterocycles. The second kappa shape index (κ2) is 12.9. The molecule has 0 aromatic heterocycles. The Hall–Kier alpha value is -3.02. The predicted molar refractivity (Wildman–Crippen MR) is 175 cm³/mol. The number of benzene rings is 1. The van der Waals surface area contributed by atoms with E-state index in [9.17, 15) is 19.5 Å². The van der Waals surface area contributed by atoms with Crippen molar-refractivity contribution in [2.45, 2.75) is 96.2 Å². The van der Waals surface area contributed by atoms with Crippen LogP contribution in [0.2, 0.25) is 0 Å². The van der Waals surface area contributed by atoms with E-state index in [4.69, 9.17) is 9.47 Å². The number of hydrogen-bond donors (Lipinski definition) is 2. The van der Waals surface area contributed by atoms with Crippen molar-refractivity contribution < 1.29 is 33.8 Å². The zero-order valence-electron chi connectivity index (χ0n) is 27.5. The first-order valence-electron chi connectivity index (χ1n) is 16.1. The highest BCUT2D eigenvalue weighted by molar-refractivity contribution is 9.11. The third-order valence-corrected chi connectivity index (χ3v) is 10.2. The van der Waals surface area contributed by atoms with Gasteiger partial charge in [-0.2, -0.15) is 0 Å². The summed E-state index contributed by atoms with van der Waals surface area (Å²) < 4.78 is 13.3. The van der Waals surface area contributed by atoms with Gasteiger partial charge < -0.3 is 29.7 Å². The number of likely N-dealkylation sites (tertiary alicyclic amines) is 1. The Kier molecular flexibility index (Phi) is 9.61. The van der Waals surface area contributed by atoms with Gasteiger partial charge in [-0.3, -0.25) is 19.2 Å². The van der Waals surface area contributed by atoms with Crippen molar-refractivity contribution in [1.82, 2.24) is 15.1 Å². The van der Waals surface area contributed by atoms with E-state index in [1.54, 1.807) is 17.9 Å². The molecule has 10 nitrogen and oxygen atoms in total. The number of aliphatic hydroxyl groups excluding tert-OH is 1. The molecular weight excluding hydrogens is 654 g/mol. The van der Waals surface area contributed by atoms with Crippen LogP contribution in [-0.4, -0.2) is 87.6 Å². The molecule has 5 rings (SSSR count). The number of amides is 3. The number of rotatable bonds is 5. The van der Waals surface area contributed by atoms with Gasteiger partial charge in [0.25, 0.3) is 0 Å². The Morgan fingerprint density at radius 2 is 1.76 bits per heavy atom. The lowest BCUT2D eigenvalue weighted by molar-refractivity contribution is -0.161. The Labute approximate surface area is 279 Å². The van der Waals surface area contributed by atoms with Gasteiger partial charge in [0.2, 0.25) is 17.7 Å². The first-order chi connectivity index (χ1) is 21.6. The number of nitrogens with zero attached hydrogens (tertiary/aromatic N) is 2. The molecule has 4 aliphatic heterocycles. The Balaban J connectivity index is 1.63. The van der Waals surface area contributed by atoms with Crippen molar-refractivity contribution in [3.63, 3.8) is 0 Å². The second-order valence-corrected chi connectivity index (χ2v) is 15.7. The van der Waals surface area contributed by atoms with E-state index >= 15 is 4.79 Å². The summed E-state index contributed by atoms with van der Waals surface area (Å²) in [6, 6.07) is 7.29. The molecule has 4 heterocycles. The fraction of sp³-hybridized carbons (Fsp3) is 0.600. The average Bonchev–Trinajstić information content (AvgIpc) is 3.58. The number of esters is 1. The molecule has 1 spiro atoms. The molecule has 5 bridgehead atoms. The zero-order valence-corrected chi connectivity index (χ0v) is 29.1. The maximum atomic E-state index is 15.0. The minimum atomic E-state index is -1.45. The summed E-state index contributed by atoms with van der Waals surface area (Å²) in [7, 11) is 0. The van der Waals surface area contributed by atoms with Gasteiger partial charge in [0.15, 0.2) is 0 Å². The number of ether oxygens (including phenoxy) is 2. The van der Waals surface area contributed by atoms with E-state index in [1.165, 1.54) is 4.90 Å². The predicted octanol–water partition coefficient (Wildman–Crippen LogP) is 4.03. The fourth-order valence-electron chi connectivity index (χ4n) is 7.87. The van der Waals surface area contributed by atoms with Crippen LogP contribution in [0.4, 0.5) is 0 Å². The molecule has 7 atom stereocenters. The first-order valence-corrected chi connectivity index (χ1v) is 16.9. The topological polar surface area (TPSA) is 125 Å². The Morgan fingerprint density at radius 1 is 1.07 bits per heavy atom. The van der Waals surface area contributed by atoms with Crippen molar-refractivity contribution in [1.29, 1.82) is 0 Å². The highest BCUT2D eigenvalue weighted by atomic mass is 79.9. The highest BCUT2D eigenvalue weighted by Crippen LogP contribution is 2.59. The summed E-state index contributed by atoms with van der Waals surface area (Å²) in [5, 5.41) is 13.2. The monoisotopic (exact) mass is 699 g/mol. The van der Waals surface area contributed by atoms with Gasteiger partial charge in [-0.05, 0) is 50.7 Å². The van der Waals surface area contributed by atoms with E-state index in [-0.39, 0.29) is 43.3 Å². The number of carbonyl (C=O) groups excluding carboxylic acids is 4. The SMILES string of the molecule is C[C@H](CO)N1C(=O)[C@H]2[C@@H]3C(=O)O[C@H](c4ccccc4)CNC(=O)CC/C=C\CN(C(C)(C)CC(C)(C)C)C(=O)[C@H]1[C@@]21C=C(Br)[C@@H]3O1. The van der Waals surface area contributed by atoms with Crippen LogP contribution < -0.4 is 5.32 Å². The molecule has 0 radical (unpaired) electrons. The number of aliphatic hydroxyl groups is 1. The van der Waals surface area contributed by atoms with Crippen molar-refractivity contribution in [2.75, 3.05) is 19.7 Å². The van der Waals surface area contributed by atoms with Gasteiger partial charge in [0.1, 0.15) is 29.8 Å². The van der Waals surface area contributed by atoms with Crippen LogP contribution in [0.25, 0.3) is 0 Å². The molecule has 0 saturated carbocycles. The summed E-state index contributed by atoms with van der Waals surface area (Å²) in [6.07, 6.45) is 5.25. The minimum Gasteiger partial charge on any atom is -0.455 e. The number of fused-ring (bicyclic) bond motifs is 2. The summed E-state index contributed by atoms with van der Waals surface area (Å²) in [4.78, 5) is 59.6. The maximum absolute atomic E-state index is 15.0. The standard InChI is InChI=1S/C35H46BrN3O7/c1-21(19-40)39-29-31(43)38(34(5,6)20-33(2,3)4)16-12-8-11-15-25(41)37-18-24(22-13-9-7-10-14-22)45-32(44)26-27(30(39)42)35(29)17-23(36)28(26)46-35/h7-10,12-14,17,21,24,26-29,40H,11,15-16,18-20H2,1-6H3,(H,37,41)/b12-8-/t21-,24+,26+,27-,28+,29+,35-/m1/s1. The number of halogens is 1.